The molecule has 0 radical (unpaired) electrons. The van der Waals surface area contributed by atoms with Crippen LogP contribution in [0.5, 0.6) is 0 Å². The summed E-state index contributed by atoms with van der Waals surface area (Å²) in [6, 6.07) is 10.4. The molecule has 22 heavy (non-hydrogen) atoms. The van der Waals surface area contributed by atoms with Gasteiger partial charge in [0.1, 0.15) is 0 Å². The van der Waals surface area contributed by atoms with E-state index in [-0.39, 0.29) is 0 Å². The van der Waals surface area contributed by atoms with Crippen molar-refractivity contribution in [2.24, 2.45) is 0 Å². The van der Waals surface area contributed by atoms with E-state index in [1.54, 1.807) is 0 Å². The van der Waals surface area contributed by atoms with Crippen molar-refractivity contribution >= 4 is 8.81 Å². The molecule has 126 valence electrons. The van der Waals surface area contributed by atoms with Crippen LogP contribution in [0.2, 0.25) is 0 Å². The molecule has 0 bridgehead atoms. The fourth-order valence-corrected chi connectivity index (χ4v) is 3.08. The summed E-state index contributed by atoms with van der Waals surface area (Å²) >= 11 is 0. The number of hydrogen-bond acceptors (Lipinski definition) is 2. The summed E-state index contributed by atoms with van der Waals surface area (Å²) in [5.74, 6) is 0. The molecule has 0 heterocycles. The molecule has 0 aliphatic carbocycles. The molecule has 0 aliphatic heterocycles. The topological polar surface area (TPSA) is 18.5 Å². The van der Waals surface area contributed by atoms with Crippen LogP contribution in [0.4, 0.5) is 0 Å². The molecule has 1 aromatic rings. The molecule has 1 atom stereocenters. The van der Waals surface area contributed by atoms with Crippen molar-refractivity contribution in [1.29, 1.82) is 0 Å². The van der Waals surface area contributed by atoms with Crippen molar-refractivity contribution in [3.8, 4) is 0 Å². The maximum Gasteiger partial charge on any atom is 0.0865 e. The fourth-order valence-electron chi connectivity index (χ4n) is 2.44. The maximum atomic E-state index is 5.26. The minimum atomic E-state index is 0.490. The highest BCUT2D eigenvalue weighted by Gasteiger charge is 1.95. The summed E-state index contributed by atoms with van der Waals surface area (Å²) in [6.45, 7) is 2.92. The predicted molar refractivity (Wildman–Crippen MR) is 97.6 cm³/mol. The molecule has 0 aromatic heterocycles. The summed E-state index contributed by atoms with van der Waals surface area (Å²) in [7, 11) is 0.490. The highest BCUT2D eigenvalue weighted by molar-refractivity contribution is 7.32. The Morgan fingerprint density at radius 2 is 1.45 bits per heavy atom. The third-order valence-corrected chi connectivity index (χ3v) is 4.61. The normalized spacial score (nSPS) is 11.5. The van der Waals surface area contributed by atoms with Gasteiger partial charge in [0.2, 0.25) is 0 Å². The van der Waals surface area contributed by atoms with E-state index in [4.69, 9.17) is 9.56 Å². The second-order valence-corrected chi connectivity index (χ2v) is 6.82. The van der Waals surface area contributed by atoms with E-state index in [2.05, 4.69) is 31.2 Å². The summed E-state index contributed by atoms with van der Waals surface area (Å²) < 4.78 is 5.26. The first-order valence-corrected chi connectivity index (χ1v) is 10.1. The minimum absolute atomic E-state index is 0.490. The van der Waals surface area contributed by atoms with E-state index in [1.165, 1.54) is 63.4 Å². The lowest BCUT2D eigenvalue weighted by Crippen LogP contribution is -1.96. The van der Waals surface area contributed by atoms with Crippen LogP contribution in [0.1, 0.15) is 70.3 Å². The van der Waals surface area contributed by atoms with E-state index >= 15 is 0 Å². The van der Waals surface area contributed by atoms with Gasteiger partial charge in [-0.3, -0.25) is 0 Å². The lowest BCUT2D eigenvalue weighted by molar-refractivity contribution is -0.194. The summed E-state index contributed by atoms with van der Waals surface area (Å²) in [6.07, 6.45) is 14.5. The fraction of sp³-hybridized carbons (Fsp3) is 0.684. The second-order valence-electron chi connectivity index (χ2n) is 5.86. The van der Waals surface area contributed by atoms with Gasteiger partial charge in [0.05, 0.1) is 15.4 Å². The minimum Gasteiger partial charge on any atom is -0.233 e. The predicted octanol–water partition coefficient (Wildman–Crippen LogP) is 6.30. The van der Waals surface area contributed by atoms with Crippen molar-refractivity contribution in [3.05, 3.63) is 35.9 Å². The van der Waals surface area contributed by atoms with E-state index in [9.17, 15) is 0 Å². The standard InChI is InChI=1S/C19H33O2P/c1-2-3-4-5-6-7-8-9-13-18-22-21-20-17-16-19-14-11-10-12-15-19/h10-12,14-15,22H,2-9,13,16-18H2,1H3. The van der Waals surface area contributed by atoms with E-state index < -0.39 is 0 Å². The molecular weight excluding hydrogens is 291 g/mol. The van der Waals surface area contributed by atoms with Gasteiger partial charge in [0, 0.05) is 0 Å². The molecule has 1 rings (SSSR count). The van der Waals surface area contributed by atoms with Crippen LogP contribution in [-0.2, 0) is 16.0 Å². The van der Waals surface area contributed by atoms with Gasteiger partial charge in [-0.2, -0.15) is 0 Å². The van der Waals surface area contributed by atoms with Crippen molar-refractivity contribution in [2.75, 3.05) is 12.8 Å². The number of benzene rings is 1. The number of rotatable bonds is 15. The Hall–Kier alpha value is -0.430. The number of hydrogen-bond donors (Lipinski definition) is 0. The Balaban J connectivity index is 1.73. The molecular formula is C19H33O2P. The van der Waals surface area contributed by atoms with Gasteiger partial charge in [-0.05, 0) is 24.6 Å². The zero-order chi connectivity index (χ0) is 15.7. The lowest BCUT2D eigenvalue weighted by Gasteiger charge is -2.04. The molecule has 0 N–H and O–H groups in total. The quantitative estimate of drug-likeness (QED) is 0.163. The van der Waals surface area contributed by atoms with Gasteiger partial charge < -0.3 is 0 Å². The number of unbranched alkanes of at least 4 members (excludes halogenated alkanes) is 8. The van der Waals surface area contributed by atoms with Crippen molar-refractivity contribution in [2.45, 2.75) is 71.1 Å². The average Bonchev–Trinajstić information content (AvgIpc) is 2.56. The Bertz CT molecular complexity index is 329. The molecule has 0 amide bonds. The van der Waals surface area contributed by atoms with Crippen LogP contribution in [0.15, 0.2) is 30.3 Å². The maximum absolute atomic E-state index is 5.26. The molecule has 0 saturated carbocycles. The van der Waals surface area contributed by atoms with Crippen LogP contribution in [0.25, 0.3) is 0 Å². The summed E-state index contributed by atoms with van der Waals surface area (Å²) in [4.78, 5) is 5.23. The lowest BCUT2D eigenvalue weighted by atomic mass is 10.1. The van der Waals surface area contributed by atoms with Gasteiger partial charge in [0.15, 0.2) is 0 Å². The van der Waals surface area contributed by atoms with Crippen LogP contribution in [0.3, 0.4) is 0 Å². The highest BCUT2D eigenvalue weighted by atomic mass is 31.1. The van der Waals surface area contributed by atoms with Crippen LogP contribution >= 0.6 is 8.81 Å². The largest absolute Gasteiger partial charge is 0.233 e. The molecule has 3 heteroatoms. The Labute approximate surface area is 138 Å². The molecule has 0 spiro atoms. The molecule has 1 aromatic carbocycles. The van der Waals surface area contributed by atoms with E-state index in [0.717, 1.165) is 12.6 Å². The highest BCUT2D eigenvalue weighted by Crippen LogP contribution is 2.17. The molecule has 0 fully saturated rings. The van der Waals surface area contributed by atoms with Crippen molar-refractivity contribution in [1.82, 2.24) is 0 Å². The van der Waals surface area contributed by atoms with Crippen LogP contribution in [-0.4, -0.2) is 12.8 Å². The van der Waals surface area contributed by atoms with Gasteiger partial charge in [-0.1, -0.05) is 88.6 Å². The third-order valence-electron chi connectivity index (χ3n) is 3.82. The van der Waals surface area contributed by atoms with Crippen LogP contribution < -0.4 is 0 Å². The monoisotopic (exact) mass is 324 g/mol. The van der Waals surface area contributed by atoms with Crippen LogP contribution in [0, 0.1) is 0 Å². The van der Waals surface area contributed by atoms with E-state index in [1.807, 2.05) is 6.07 Å². The van der Waals surface area contributed by atoms with E-state index in [0.29, 0.717) is 15.4 Å². The Kier molecular flexibility index (Phi) is 13.8. The van der Waals surface area contributed by atoms with Gasteiger partial charge in [-0.25, -0.2) is 9.56 Å². The third kappa shape index (κ3) is 12.1. The molecule has 2 nitrogen and oxygen atoms in total. The zero-order valence-corrected chi connectivity index (χ0v) is 15.2. The summed E-state index contributed by atoms with van der Waals surface area (Å²) in [5.41, 5.74) is 1.30. The van der Waals surface area contributed by atoms with Crippen molar-refractivity contribution < 1.29 is 9.56 Å². The first-order chi connectivity index (χ1) is 10.9. The molecule has 1 unspecified atom stereocenters. The Morgan fingerprint density at radius 1 is 0.818 bits per heavy atom. The Morgan fingerprint density at radius 3 is 2.14 bits per heavy atom. The average molecular weight is 324 g/mol. The van der Waals surface area contributed by atoms with Gasteiger partial charge in [-0.15, -0.1) is 0 Å². The van der Waals surface area contributed by atoms with Gasteiger partial charge in [0.25, 0.3) is 0 Å². The second kappa shape index (κ2) is 15.5. The molecule has 0 aliphatic rings. The first kappa shape index (κ1) is 19.6. The van der Waals surface area contributed by atoms with Crippen molar-refractivity contribution in [3.63, 3.8) is 0 Å². The molecule has 0 saturated heterocycles. The zero-order valence-electron chi connectivity index (χ0n) is 14.2. The summed E-state index contributed by atoms with van der Waals surface area (Å²) in [5, 5.41) is 0. The first-order valence-electron chi connectivity index (χ1n) is 8.98. The SMILES string of the molecule is CCCCCCCCCCCPOOCCc1ccccc1. The van der Waals surface area contributed by atoms with Gasteiger partial charge >= 0.3 is 0 Å². The smallest absolute Gasteiger partial charge is 0.0865 e.